The van der Waals surface area contributed by atoms with Crippen LogP contribution in [0, 0.1) is 5.41 Å². The minimum atomic E-state index is -0.977. The van der Waals surface area contributed by atoms with Gasteiger partial charge in [-0.25, -0.2) is 9.97 Å². The smallest absolute Gasteiger partial charge is 0.309 e. The van der Waals surface area contributed by atoms with Crippen LogP contribution in [0.1, 0.15) is 51.6 Å². The molecule has 0 aliphatic heterocycles. The maximum atomic E-state index is 12.2. The summed E-state index contributed by atoms with van der Waals surface area (Å²) < 4.78 is 8.21. The van der Waals surface area contributed by atoms with Gasteiger partial charge in [0.1, 0.15) is 18.0 Å². The standard InChI is InChI=1S/C33H34ClN3O3S/c1-32(2,3)41-29-26-16-25(40-20-24-14-13-22-10-6-7-12-27(22)36-24)18-35-30(26)37(19-21-9-8-11-23(34)15-21)28(29)17-33(4,5)31(38)39/h6-16,18H,17,19-20H2,1-5H3,(H,38,39). The summed E-state index contributed by atoms with van der Waals surface area (Å²) >= 11 is 8.04. The quantitative estimate of drug-likeness (QED) is 0.174. The number of carboxylic acid groups (broad SMARTS) is 1. The summed E-state index contributed by atoms with van der Waals surface area (Å²) in [7, 11) is 0. The summed E-state index contributed by atoms with van der Waals surface area (Å²) in [6, 6.07) is 21.8. The molecule has 2 aromatic carbocycles. The van der Waals surface area contributed by atoms with Gasteiger partial charge in [-0.15, -0.1) is 11.8 Å². The van der Waals surface area contributed by atoms with Crippen molar-refractivity contribution in [3.05, 3.63) is 94.9 Å². The van der Waals surface area contributed by atoms with Gasteiger partial charge in [0.2, 0.25) is 0 Å². The predicted octanol–water partition coefficient (Wildman–Crippen LogP) is 8.41. The molecule has 0 radical (unpaired) electrons. The molecule has 0 saturated carbocycles. The minimum Gasteiger partial charge on any atom is -0.486 e. The fourth-order valence-electron chi connectivity index (χ4n) is 4.73. The molecule has 0 amide bonds. The lowest BCUT2D eigenvalue weighted by atomic mass is 9.88. The molecule has 0 saturated heterocycles. The van der Waals surface area contributed by atoms with E-state index in [4.69, 9.17) is 26.3 Å². The topological polar surface area (TPSA) is 77.2 Å². The van der Waals surface area contributed by atoms with E-state index in [-0.39, 0.29) is 4.75 Å². The van der Waals surface area contributed by atoms with Crippen molar-refractivity contribution in [2.75, 3.05) is 0 Å². The van der Waals surface area contributed by atoms with Crippen LogP contribution in [-0.4, -0.2) is 30.4 Å². The third-order valence-corrected chi connectivity index (χ3v) is 8.31. The second-order valence-electron chi connectivity index (χ2n) is 11.9. The molecule has 5 rings (SSSR count). The molecule has 0 unspecified atom stereocenters. The highest BCUT2D eigenvalue weighted by atomic mass is 35.5. The van der Waals surface area contributed by atoms with E-state index >= 15 is 0 Å². The number of aliphatic carboxylic acids is 1. The number of carbonyl (C=O) groups is 1. The highest BCUT2D eigenvalue weighted by molar-refractivity contribution is 8.00. The molecule has 212 valence electrons. The lowest BCUT2D eigenvalue weighted by Gasteiger charge is -2.24. The summed E-state index contributed by atoms with van der Waals surface area (Å²) in [6.07, 6.45) is 2.07. The van der Waals surface area contributed by atoms with Gasteiger partial charge < -0.3 is 14.4 Å². The van der Waals surface area contributed by atoms with Gasteiger partial charge in [-0.2, -0.15) is 0 Å². The third-order valence-electron chi connectivity index (χ3n) is 6.80. The van der Waals surface area contributed by atoms with E-state index in [1.165, 1.54) is 0 Å². The Morgan fingerprint density at radius 1 is 1.02 bits per heavy atom. The van der Waals surface area contributed by atoms with Crippen LogP contribution in [0.15, 0.2) is 77.8 Å². The van der Waals surface area contributed by atoms with Crippen molar-refractivity contribution in [2.45, 2.75) is 63.8 Å². The normalized spacial score (nSPS) is 12.2. The molecule has 8 heteroatoms. The predicted molar refractivity (Wildman–Crippen MR) is 167 cm³/mol. The number of hydrogen-bond donors (Lipinski definition) is 1. The first-order valence-electron chi connectivity index (χ1n) is 13.5. The molecule has 3 aromatic heterocycles. The Bertz CT molecular complexity index is 1740. The zero-order chi connectivity index (χ0) is 29.4. The molecular formula is C33H34ClN3O3S. The van der Waals surface area contributed by atoms with Crippen molar-refractivity contribution in [3.63, 3.8) is 0 Å². The zero-order valence-electron chi connectivity index (χ0n) is 23.9. The monoisotopic (exact) mass is 587 g/mol. The van der Waals surface area contributed by atoms with Gasteiger partial charge in [0.25, 0.3) is 0 Å². The van der Waals surface area contributed by atoms with Crippen LogP contribution in [0.4, 0.5) is 0 Å². The number of aromatic nitrogens is 3. The van der Waals surface area contributed by atoms with E-state index in [1.807, 2.05) is 66.7 Å². The molecule has 41 heavy (non-hydrogen) atoms. The van der Waals surface area contributed by atoms with E-state index in [9.17, 15) is 9.90 Å². The molecule has 3 heterocycles. The second-order valence-corrected chi connectivity index (χ2v) is 14.2. The number of nitrogens with zero attached hydrogens (tertiary/aromatic N) is 3. The third kappa shape index (κ3) is 6.68. The van der Waals surface area contributed by atoms with Crippen molar-refractivity contribution in [3.8, 4) is 5.75 Å². The van der Waals surface area contributed by atoms with E-state index in [0.717, 1.165) is 43.8 Å². The number of benzene rings is 2. The highest BCUT2D eigenvalue weighted by Crippen LogP contribution is 2.43. The number of thioether (sulfide) groups is 1. The fourth-order valence-corrected chi connectivity index (χ4v) is 6.12. The second kappa shape index (κ2) is 11.4. The Kier molecular flexibility index (Phi) is 8.04. The first-order valence-corrected chi connectivity index (χ1v) is 14.7. The Hall–Kier alpha value is -3.55. The average molecular weight is 588 g/mol. The Balaban J connectivity index is 1.59. The number of pyridine rings is 2. The number of ether oxygens (including phenoxy) is 1. The first kappa shape index (κ1) is 29.0. The van der Waals surface area contributed by atoms with E-state index in [2.05, 4.69) is 25.3 Å². The van der Waals surface area contributed by atoms with Gasteiger partial charge in [-0.3, -0.25) is 4.79 Å². The Morgan fingerprint density at radius 3 is 2.54 bits per heavy atom. The summed E-state index contributed by atoms with van der Waals surface area (Å²) in [5, 5.41) is 12.7. The van der Waals surface area contributed by atoms with Gasteiger partial charge in [0.15, 0.2) is 0 Å². The van der Waals surface area contributed by atoms with Crippen molar-refractivity contribution >= 4 is 51.3 Å². The lowest BCUT2D eigenvalue weighted by molar-refractivity contribution is -0.146. The first-order chi connectivity index (χ1) is 19.4. The molecule has 5 aromatic rings. The summed E-state index contributed by atoms with van der Waals surface area (Å²) in [5.41, 5.74) is 3.51. The maximum Gasteiger partial charge on any atom is 0.309 e. The van der Waals surface area contributed by atoms with Gasteiger partial charge in [-0.05, 0) is 49.7 Å². The Morgan fingerprint density at radius 2 is 1.80 bits per heavy atom. The zero-order valence-corrected chi connectivity index (χ0v) is 25.5. The summed E-state index contributed by atoms with van der Waals surface area (Å²) in [5.74, 6) is -0.212. The van der Waals surface area contributed by atoms with Crippen LogP contribution in [0.5, 0.6) is 5.75 Å². The summed E-state index contributed by atoms with van der Waals surface area (Å²) in [6.45, 7) is 10.8. The van der Waals surface area contributed by atoms with Gasteiger partial charge in [0, 0.05) is 44.1 Å². The van der Waals surface area contributed by atoms with Crippen molar-refractivity contribution < 1.29 is 14.6 Å². The summed E-state index contributed by atoms with van der Waals surface area (Å²) in [4.78, 5) is 22.9. The Labute approximate surface area is 249 Å². The van der Waals surface area contributed by atoms with Gasteiger partial charge in [0.05, 0.1) is 22.8 Å². The minimum absolute atomic E-state index is 0.122. The fraction of sp³-hybridized carbons (Fsp3) is 0.303. The highest BCUT2D eigenvalue weighted by Gasteiger charge is 2.33. The van der Waals surface area contributed by atoms with Gasteiger partial charge >= 0.3 is 5.97 Å². The van der Waals surface area contributed by atoms with Crippen LogP contribution >= 0.6 is 23.4 Å². The molecule has 0 bridgehead atoms. The number of fused-ring (bicyclic) bond motifs is 2. The van der Waals surface area contributed by atoms with Crippen molar-refractivity contribution in [1.82, 2.24) is 14.5 Å². The molecule has 1 N–H and O–H groups in total. The SMILES string of the molecule is CC(C)(C)Sc1c(CC(C)(C)C(=O)O)n(Cc2cccc(Cl)c2)c2ncc(OCc3ccc4ccccc4n3)cc12. The van der Waals surface area contributed by atoms with Crippen LogP contribution in [0.2, 0.25) is 5.02 Å². The molecule has 0 atom stereocenters. The molecular weight excluding hydrogens is 554 g/mol. The molecule has 0 spiro atoms. The maximum absolute atomic E-state index is 12.2. The molecule has 0 aliphatic carbocycles. The van der Waals surface area contributed by atoms with Crippen LogP contribution in [-0.2, 0) is 24.4 Å². The van der Waals surface area contributed by atoms with E-state index < -0.39 is 11.4 Å². The van der Waals surface area contributed by atoms with Crippen LogP contribution < -0.4 is 4.74 Å². The number of para-hydroxylation sites is 1. The lowest BCUT2D eigenvalue weighted by Crippen LogP contribution is -2.28. The average Bonchev–Trinajstić information content (AvgIpc) is 3.17. The van der Waals surface area contributed by atoms with Crippen molar-refractivity contribution in [1.29, 1.82) is 0 Å². The molecule has 0 fully saturated rings. The molecule has 0 aliphatic rings. The largest absolute Gasteiger partial charge is 0.486 e. The van der Waals surface area contributed by atoms with Crippen LogP contribution in [0.25, 0.3) is 21.9 Å². The van der Waals surface area contributed by atoms with Crippen molar-refractivity contribution in [2.24, 2.45) is 5.41 Å². The van der Waals surface area contributed by atoms with E-state index in [0.29, 0.717) is 30.3 Å². The van der Waals surface area contributed by atoms with Crippen LogP contribution in [0.3, 0.4) is 0 Å². The van der Waals surface area contributed by atoms with E-state index in [1.54, 1.807) is 31.8 Å². The number of rotatable bonds is 9. The number of halogens is 1. The molecule has 6 nitrogen and oxygen atoms in total. The number of hydrogen-bond acceptors (Lipinski definition) is 5. The van der Waals surface area contributed by atoms with Gasteiger partial charge in [-0.1, -0.05) is 68.8 Å². The number of carboxylic acids is 1.